The van der Waals surface area contributed by atoms with E-state index in [1.54, 1.807) is 16.4 Å². The molecule has 0 aromatic carbocycles. The van der Waals surface area contributed by atoms with Crippen molar-refractivity contribution in [2.45, 2.75) is 25.3 Å². The lowest BCUT2D eigenvalue weighted by molar-refractivity contribution is 0.0688. The molecule has 1 aliphatic rings. The molecule has 6 nitrogen and oxygen atoms in total. The number of carboxylic acid groups (broad SMARTS) is 1. The topological polar surface area (TPSA) is 80.0 Å². The van der Waals surface area contributed by atoms with Crippen LogP contribution in [0.1, 0.15) is 34.9 Å². The van der Waals surface area contributed by atoms with Crippen molar-refractivity contribution in [3.63, 3.8) is 0 Å². The van der Waals surface area contributed by atoms with Gasteiger partial charge in [0.25, 0.3) is 0 Å². The van der Waals surface area contributed by atoms with Gasteiger partial charge >= 0.3 is 5.97 Å². The second-order valence-corrected chi connectivity index (χ2v) is 5.35. The molecule has 0 spiro atoms. The molecule has 0 radical (unpaired) electrons. The number of carbonyl (C=O) groups is 1. The highest BCUT2D eigenvalue weighted by molar-refractivity contribution is 7.98. The van der Waals surface area contributed by atoms with Gasteiger partial charge in [-0.15, -0.1) is 5.10 Å². The molecule has 1 aliphatic heterocycles. The Balaban J connectivity index is 2.26. The summed E-state index contributed by atoms with van der Waals surface area (Å²) in [7, 11) is 0. The first-order chi connectivity index (χ1) is 8.74. The van der Waals surface area contributed by atoms with Gasteiger partial charge in [-0.1, -0.05) is 5.21 Å². The predicted octanol–water partition coefficient (Wildman–Crippen LogP) is 0.806. The van der Waals surface area contributed by atoms with Gasteiger partial charge in [-0.3, -0.25) is 0 Å². The molecular formula is C11H18N4O2S. The fourth-order valence-corrected chi connectivity index (χ4v) is 2.67. The molecule has 0 atom stereocenters. The normalized spacial score (nSPS) is 16.9. The second-order valence-electron chi connectivity index (χ2n) is 4.37. The number of thioether (sulfide) groups is 1. The van der Waals surface area contributed by atoms with E-state index in [9.17, 15) is 9.90 Å². The minimum atomic E-state index is -0.973. The minimum Gasteiger partial charge on any atom is -0.476 e. The highest BCUT2D eigenvalue weighted by Crippen LogP contribution is 2.27. The van der Waals surface area contributed by atoms with Gasteiger partial charge in [-0.05, 0) is 32.2 Å². The molecule has 1 aromatic rings. The van der Waals surface area contributed by atoms with Crippen molar-refractivity contribution in [3.05, 3.63) is 11.4 Å². The van der Waals surface area contributed by atoms with Gasteiger partial charge in [-0.25, -0.2) is 9.48 Å². The van der Waals surface area contributed by atoms with Crippen molar-refractivity contribution in [3.8, 4) is 0 Å². The highest BCUT2D eigenvalue weighted by atomic mass is 32.2. The third-order valence-electron chi connectivity index (χ3n) is 3.21. The molecule has 0 amide bonds. The van der Waals surface area contributed by atoms with E-state index >= 15 is 0 Å². The maximum atomic E-state index is 11.2. The summed E-state index contributed by atoms with van der Waals surface area (Å²) in [6, 6.07) is 0. The molecule has 7 heteroatoms. The van der Waals surface area contributed by atoms with Gasteiger partial charge < -0.3 is 10.4 Å². The molecule has 2 heterocycles. The summed E-state index contributed by atoms with van der Waals surface area (Å²) in [6.45, 7) is 2.58. The van der Waals surface area contributed by atoms with Crippen LogP contribution in [-0.2, 0) is 6.54 Å². The van der Waals surface area contributed by atoms with E-state index in [1.165, 1.54) is 0 Å². The number of hydrogen-bond acceptors (Lipinski definition) is 5. The SMILES string of the molecule is CSCCn1nnc(C(=O)O)c1C1CCNCC1. The Bertz CT molecular complexity index is 415. The maximum absolute atomic E-state index is 11.2. The van der Waals surface area contributed by atoms with Gasteiger partial charge in [0.2, 0.25) is 0 Å². The molecular weight excluding hydrogens is 252 g/mol. The van der Waals surface area contributed by atoms with Crippen LogP contribution in [0.4, 0.5) is 0 Å². The van der Waals surface area contributed by atoms with E-state index in [-0.39, 0.29) is 11.6 Å². The van der Waals surface area contributed by atoms with E-state index < -0.39 is 5.97 Å². The zero-order valence-corrected chi connectivity index (χ0v) is 11.2. The Hall–Kier alpha value is -1.08. The van der Waals surface area contributed by atoms with Crippen LogP contribution in [-0.4, -0.2) is 51.2 Å². The average molecular weight is 270 g/mol. The molecule has 1 aromatic heterocycles. The first kappa shape index (κ1) is 13.4. The molecule has 2 rings (SSSR count). The Kier molecular flexibility index (Phi) is 4.60. The quantitative estimate of drug-likeness (QED) is 0.824. The summed E-state index contributed by atoms with van der Waals surface area (Å²) in [5, 5.41) is 20.3. The number of aromatic nitrogens is 3. The van der Waals surface area contributed by atoms with Gasteiger partial charge in [0.1, 0.15) is 0 Å². The Labute approximate surface area is 110 Å². The molecule has 1 fully saturated rings. The predicted molar refractivity (Wildman–Crippen MR) is 70.2 cm³/mol. The molecule has 100 valence electrons. The van der Waals surface area contributed by atoms with Crippen LogP contribution in [0.2, 0.25) is 0 Å². The van der Waals surface area contributed by atoms with E-state index in [4.69, 9.17) is 0 Å². The number of carboxylic acids is 1. The summed E-state index contributed by atoms with van der Waals surface area (Å²) in [6.07, 6.45) is 3.93. The monoisotopic (exact) mass is 270 g/mol. The van der Waals surface area contributed by atoms with E-state index in [1.807, 2.05) is 6.26 Å². The fraction of sp³-hybridized carbons (Fsp3) is 0.727. The summed E-state index contributed by atoms with van der Waals surface area (Å²) in [5.41, 5.74) is 0.932. The first-order valence-electron chi connectivity index (χ1n) is 6.10. The lowest BCUT2D eigenvalue weighted by Crippen LogP contribution is -2.29. The third kappa shape index (κ3) is 2.84. The van der Waals surface area contributed by atoms with Crippen molar-refractivity contribution >= 4 is 17.7 Å². The van der Waals surface area contributed by atoms with Crippen molar-refractivity contribution in [2.75, 3.05) is 25.1 Å². The summed E-state index contributed by atoms with van der Waals surface area (Å²) < 4.78 is 1.77. The van der Waals surface area contributed by atoms with Crippen LogP contribution in [0.3, 0.4) is 0 Å². The average Bonchev–Trinajstić information content (AvgIpc) is 2.81. The number of aromatic carboxylic acids is 1. The van der Waals surface area contributed by atoms with E-state index in [0.29, 0.717) is 0 Å². The first-order valence-corrected chi connectivity index (χ1v) is 7.49. The lowest BCUT2D eigenvalue weighted by Gasteiger charge is -2.23. The number of piperidine rings is 1. The summed E-state index contributed by atoms with van der Waals surface area (Å²) in [4.78, 5) is 11.2. The van der Waals surface area contributed by atoms with Gasteiger partial charge in [-0.2, -0.15) is 11.8 Å². The van der Waals surface area contributed by atoms with E-state index in [0.717, 1.165) is 43.9 Å². The van der Waals surface area contributed by atoms with Crippen LogP contribution < -0.4 is 5.32 Å². The van der Waals surface area contributed by atoms with Crippen LogP contribution in [0.25, 0.3) is 0 Å². The van der Waals surface area contributed by atoms with Crippen LogP contribution >= 0.6 is 11.8 Å². The van der Waals surface area contributed by atoms with Gasteiger partial charge in [0, 0.05) is 11.7 Å². The maximum Gasteiger partial charge on any atom is 0.358 e. The standard InChI is InChI=1S/C11H18N4O2S/c1-18-7-6-15-10(8-2-4-12-5-3-8)9(11(16)17)13-14-15/h8,12H,2-7H2,1H3,(H,16,17). The Morgan fingerprint density at radius 2 is 2.28 bits per heavy atom. The lowest BCUT2D eigenvalue weighted by atomic mass is 9.93. The number of rotatable bonds is 5. The van der Waals surface area contributed by atoms with Crippen molar-refractivity contribution in [1.82, 2.24) is 20.3 Å². The summed E-state index contributed by atoms with van der Waals surface area (Å²) in [5.74, 6) is 0.202. The van der Waals surface area contributed by atoms with Crippen LogP contribution in [0.15, 0.2) is 0 Å². The molecule has 18 heavy (non-hydrogen) atoms. The fourth-order valence-electron chi connectivity index (χ4n) is 2.32. The zero-order chi connectivity index (χ0) is 13.0. The number of nitrogens with one attached hydrogen (secondary N) is 1. The minimum absolute atomic E-state index is 0.128. The number of nitrogens with zero attached hydrogens (tertiary/aromatic N) is 3. The van der Waals surface area contributed by atoms with Crippen LogP contribution in [0, 0.1) is 0 Å². The molecule has 0 bridgehead atoms. The van der Waals surface area contributed by atoms with Crippen molar-refractivity contribution < 1.29 is 9.90 Å². The molecule has 1 saturated heterocycles. The second kappa shape index (κ2) is 6.19. The molecule has 0 unspecified atom stereocenters. The van der Waals surface area contributed by atoms with Crippen LogP contribution in [0.5, 0.6) is 0 Å². The number of hydrogen-bond donors (Lipinski definition) is 2. The molecule has 2 N–H and O–H groups in total. The number of aryl methyl sites for hydroxylation is 1. The Morgan fingerprint density at radius 1 is 1.56 bits per heavy atom. The van der Waals surface area contributed by atoms with Crippen molar-refractivity contribution in [1.29, 1.82) is 0 Å². The largest absolute Gasteiger partial charge is 0.476 e. The van der Waals surface area contributed by atoms with Gasteiger partial charge in [0.15, 0.2) is 5.69 Å². The van der Waals surface area contributed by atoms with E-state index in [2.05, 4.69) is 15.6 Å². The smallest absolute Gasteiger partial charge is 0.358 e. The Morgan fingerprint density at radius 3 is 2.89 bits per heavy atom. The highest BCUT2D eigenvalue weighted by Gasteiger charge is 2.27. The van der Waals surface area contributed by atoms with Gasteiger partial charge in [0.05, 0.1) is 12.2 Å². The molecule has 0 saturated carbocycles. The summed E-state index contributed by atoms with van der Waals surface area (Å²) >= 11 is 1.72. The van der Waals surface area contributed by atoms with Crippen molar-refractivity contribution in [2.24, 2.45) is 0 Å². The molecule has 0 aliphatic carbocycles. The third-order valence-corrected chi connectivity index (χ3v) is 3.80. The zero-order valence-electron chi connectivity index (χ0n) is 10.4.